The molecule has 2 unspecified atom stereocenters. The van der Waals surface area contributed by atoms with Crippen LogP contribution < -0.4 is 5.32 Å². The lowest BCUT2D eigenvalue weighted by molar-refractivity contribution is 0.183. The van der Waals surface area contributed by atoms with E-state index in [2.05, 4.69) is 90.2 Å². The molecule has 0 amide bonds. The van der Waals surface area contributed by atoms with E-state index in [9.17, 15) is 5.11 Å². The van der Waals surface area contributed by atoms with Crippen molar-refractivity contribution in [1.82, 2.24) is 0 Å². The van der Waals surface area contributed by atoms with Gasteiger partial charge in [0.25, 0.3) is 0 Å². The maximum atomic E-state index is 10.6. The van der Waals surface area contributed by atoms with Crippen LogP contribution in [0.2, 0.25) is 0 Å². The van der Waals surface area contributed by atoms with Gasteiger partial charge in [0.15, 0.2) is 0 Å². The molecule has 0 saturated heterocycles. The summed E-state index contributed by atoms with van der Waals surface area (Å²) in [4.78, 5) is 0. The van der Waals surface area contributed by atoms with Crippen LogP contribution in [0.4, 0.5) is 5.69 Å². The number of rotatable bonds is 2. The first-order valence-electron chi connectivity index (χ1n) is 9.42. The number of aliphatic hydroxyl groups is 1. The van der Waals surface area contributed by atoms with Gasteiger partial charge >= 0.3 is 0 Å². The molecule has 0 aromatic heterocycles. The highest BCUT2D eigenvalue weighted by Gasteiger charge is 2.29. The molecule has 5 rings (SSSR count). The second-order valence-corrected chi connectivity index (χ2v) is 7.15. The molecule has 0 fully saturated rings. The third-order valence-corrected chi connectivity index (χ3v) is 5.53. The van der Waals surface area contributed by atoms with Crippen LogP contribution in [0.3, 0.4) is 0 Å². The topological polar surface area (TPSA) is 32.3 Å². The highest BCUT2D eigenvalue weighted by atomic mass is 16.3. The molecule has 0 bridgehead atoms. The highest BCUT2D eigenvalue weighted by Crippen LogP contribution is 2.44. The normalized spacial score (nSPS) is 18.7. The molecule has 4 aromatic rings. The van der Waals surface area contributed by atoms with Crippen LogP contribution >= 0.6 is 0 Å². The summed E-state index contributed by atoms with van der Waals surface area (Å²) in [6.45, 7) is 0. The quantitative estimate of drug-likeness (QED) is 0.480. The Morgan fingerprint density at radius 1 is 0.704 bits per heavy atom. The zero-order valence-corrected chi connectivity index (χ0v) is 15.0. The van der Waals surface area contributed by atoms with E-state index in [1.807, 2.05) is 6.07 Å². The lowest BCUT2D eigenvalue weighted by Gasteiger charge is -2.33. The number of fused-ring (bicyclic) bond motifs is 3. The first kappa shape index (κ1) is 16.1. The molecule has 2 heteroatoms. The van der Waals surface area contributed by atoms with E-state index in [-0.39, 0.29) is 5.92 Å². The molecule has 4 aromatic carbocycles. The minimum absolute atomic E-state index is 0.150. The lowest BCUT2D eigenvalue weighted by atomic mass is 9.80. The molecule has 0 radical (unpaired) electrons. The van der Waals surface area contributed by atoms with Crippen LogP contribution in [0.5, 0.6) is 0 Å². The van der Waals surface area contributed by atoms with E-state index in [1.54, 1.807) is 0 Å². The third kappa shape index (κ3) is 2.79. The van der Waals surface area contributed by atoms with Crippen molar-refractivity contribution in [3.63, 3.8) is 0 Å². The largest absolute Gasteiger partial charge is 0.374 e. The number of benzene rings is 4. The number of hydrogen-bond acceptors (Lipinski definition) is 2. The Bertz CT molecular complexity index is 1100. The van der Waals surface area contributed by atoms with Gasteiger partial charge in [0.2, 0.25) is 0 Å². The maximum absolute atomic E-state index is 10.6. The van der Waals surface area contributed by atoms with Crippen LogP contribution in [0.1, 0.15) is 23.5 Å². The zero-order valence-electron chi connectivity index (χ0n) is 15.0. The van der Waals surface area contributed by atoms with E-state index in [0.29, 0.717) is 6.42 Å². The summed E-state index contributed by atoms with van der Waals surface area (Å²) < 4.78 is 0. The summed E-state index contributed by atoms with van der Waals surface area (Å²) in [5, 5.41) is 16.3. The first-order valence-corrected chi connectivity index (χ1v) is 9.42. The highest BCUT2D eigenvalue weighted by molar-refractivity contribution is 5.96. The monoisotopic (exact) mass is 351 g/mol. The summed E-state index contributed by atoms with van der Waals surface area (Å²) in [5.41, 5.74) is 6.02. The molecule has 2 N–H and O–H groups in total. The fraction of sp³-hybridized carbons (Fsp3) is 0.120. The van der Waals surface area contributed by atoms with Crippen LogP contribution in [0, 0.1) is 0 Å². The van der Waals surface area contributed by atoms with Gasteiger partial charge in [-0.2, -0.15) is 0 Å². The van der Waals surface area contributed by atoms with Crippen molar-refractivity contribution in [1.29, 1.82) is 0 Å². The minimum atomic E-state index is -0.558. The smallest absolute Gasteiger partial charge is 0.125 e. The van der Waals surface area contributed by atoms with Gasteiger partial charge in [0.1, 0.15) is 6.23 Å². The van der Waals surface area contributed by atoms with Crippen LogP contribution in [-0.4, -0.2) is 11.3 Å². The Balaban J connectivity index is 1.72. The standard InChI is InChI=1S/C25H21NO/c27-24-16-23(21-13-7-6-11-19(21)17-8-2-1-3-9-17)22-15-14-18-10-4-5-12-20(18)25(22)26-24/h1-15,23-24,26-27H,16H2. The molecule has 1 heterocycles. The summed E-state index contributed by atoms with van der Waals surface area (Å²) >= 11 is 0. The van der Waals surface area contributed by atoms with E-state index >= 15 is 0 Å². The van der Waals surface area contributed by atoms with Crippen LogP contribution in [0.25, 0.3) is 21.9 Å². The van der Waals surface area contributed by atoms with Crippen molar-refractivity contribution in [2.75, 3.05) is 5.32 Å². The van der Waals surface area contributed by atoms with Crippen LogP contribution in [-0.2, 0) is 0 Å². The number of hydrogen-bond donors (Lipinski definition) is 2. The molecule has 2 atom stereocenters. The zero-order chi connectivity index (χ0) is 18.2. The fourth-order valence-electron chi connectivity index (χ4n) is 4.29. The predicted molar refractivity (Wildman–Crippen MR) is 112 cm³/mol. The van der Waals surface area contributed by atoms with Gasteiger partial charge in [0, 0.05) is 23.4 Å². The molecule has 132 valence electrons. The SMILES string of the molecule is OC1CC(c2ccccc2-c2ccccc2)c2ccc3ccccc3c2N1. The summed E-state index contributed by atoms with van der Waals surface area (Å²) in [6.07, 6.45) is 0.104. The molecule has 0 aliphatic carbocycles. The van der Waals surface area contributed by atoms with E-state index in [0.717, 1.165) is 11.1 Å². The van der Waals surface area contributed by atoms with Crippen molar-refractivity contribution in [2.24, 2.45) is 0 Å². The third-order valence-electron chi connectivity index (χ3n) is 5.53. The Hall–Kier alpha value is -3.10. The Kier molecular flexibility index (Phi) is 3.92. The molecular formula is C25H21NO. The van der Waals surface area contributed by atoms with E-state index in [4.69, 9.17) is 0 Å². The van der Waals surface area contributed by atoms with Gasteiger partial charge in [-0.05, 0) is 27.6 Å². The molecule has 0 spiro atoms. The average molecular weight is 351 g/mol. The van der Waals surface area contributed by atoms with E-state index in [1.165, 1.54) is 27.6 Å². The summed E-state index contributed by atoms with van der Waals surface area (Å²) in [7, 11) is 0. The van der Waals surface area contributed by atoms with Crippen LogP contribution in [0.15, 0.2) is 91.0 Å². The minimum Gasteiger partial charge on any atom is -0.374 e. The summed E-state index contributed by atoms with van der Waals surface area (Å²) in [6, 6.07) is 31.8. The van der Waals surface area contributed by atoms with Gasteiger partial charge in [-0.25, -0.2) is 0 Å². The van der Waals surface area contributed by atoms with Crippen molar-refractivity contribution < 1.29 is 5.11 Å². The van der Waals surface area contributed by atoms with Crippen molar-refractivity contribution in [2.45, 2.75) is 18.6 Å². The Morgan fingerprint density at radius 3 is 2.33 bits per heavy atom. The van der Waals surface area contributed by atoms with Crippen molar-refractivity contribution >= 4 is 16.5 Å². The Morgan fingerprint density at radius 2 is 1.44 bits per heavy atom. The molecule has 1 aliphatic heterocycles. The van der Waals surface area contributed by atoms with Crippen molar-refractivity contribution in [3.8, 4) is 11.1 Å². The molecular weight excluding hydrogens is 330 g/mol. The Labute approximate surface area is 159 Å². The van der Waals surface area contributed by atoms with Gasteiger partial charge in [-0.1, -0.05) is 91.0 Å². The summed E-state index contributed by atoms with van der Waals surface area (Å²) in [5.74, 6) is 0.150. The first-order chi connectivity index (χ1) is 13.3. The van der Waals surface area contributed by atoms with Crippen molar-refractivity contribution in [3.05, 3.63) is 102 Å². The molecule has 27 heavy (non-hydrogen) atoms. The molecule has 2 nitrogen and oxygen atoms in total. The average Bonchev–Trinajstić information content (AvgIpc) is 2.74. The molecule has 0 saturated carbocycles. The second-order valence-electron chi connectivity index (χ2n) is 7.15. The number of aliphatic hydroxyl groups excluding tert-OH is 1. The van der Waals surface area contributed by atoms with Gasteiger partial charge in [-0.3, -0.25) is 0 Å². The second kappa shape index (κ2) is 6.57. The number of anilines is 1. The van der Waals surface area contributed by atoms with Gasteiger partial charge < -0.3 is 10.4 Å². The van der Waals surface area contributed by atoms with Gasteiger partial charge in [0.05, 0.1) is 0 Å². The van der Waals surface area contributed by atoms with E-state index < -0.39 is 6.23 Å². The fourth-order valence-corrected chi connectivity index (χ4v) is 4.29. The molecule has 1 aliphatic rings. The predicted octanol–water partition coefficient (Wildman–Crippen LogP) is 5.77. The van der Waals surface area contributed by atoms with Gasteiger partial charge in [-0.15, -0.1) is 0 Å². The lowest BCUT2D eigenvalue weighted by Crippen LogP contribution is -2.28. The maximum Gasteiger partial charge on any atom is 0.125 e. The number of nitrogens with one attached hydrogen (secondary N) is 1.